The average molecular weight is 395 g/mol. The van der Waals surface area contributed by atoms with Gasteiger partial charge in [-0.25, -0.2) is 14.5 Å². The number of ether oxygens (including phenoxy) is 1. The fourth-order valence-electron chi connectivity index (χ4n) is 3.70. The van der Waals surface area contributed by atoms with E-state index in [-0.39, 0.29) is 0 Å². The number of pyridine rings is 1. The second kappa shape index (κ2) is 8.37. The number of rotatable bonds is 3. The maximum absolute atomic E-state index is 5.99. The molecule has 3 N–H and O–H groups in total. The molecule has 1 aliphatic heterocycles. The summed E-state index contributed by atoms with van der Waals surface area (Å²) in [6, 6.07) is 3.99. The molecule has 0 bridgehead atoms. The molecule has 0 atom stereocenters. The lowest BCUT2D eigenvalue weighted by molar-refractivity contribution is 0.405. The molecule has 5 rings (SSSR count). The van der Waals surface area contributed by atoms with Crippen molar-refractivity contribution in [3.8, 4) is 17.1 Å². The molecule has 0 unspecified atom stereocenters. The molecule has 0 radical (unpaired) electrons. The molecule has 29 heavy (non-hydrogen) atoms. The van der Waals surface area contributed by atoms with E-state index in [1.165, 1.54) is 32.4 Å². The number of anilines is 1. The molecule has 1 saturated carbocycles. The topological polar surface area (TPSA) is 90.4 Å². The highest BCUT2D eigenvalue weighted by Gasteiger charge is 2.30. The summed E-state index contributed by atoms with van der Waals surface area (Å²) >= 11 is 0. The van der Waals surface area contributed by atoms with Crippen molar-refractivity contribution in [2.75, 3.05) is 25.9 Å². The Kier molecular flexibility index (Phi) is 5.67. The molecule has 4 heterocycles. The molecule has 7 heteroatoms. The van der Waals surface area contributed by atoms with Crippen LogP contribution >= 0.6 is 0 Å². The molecule has 3 aromatic heterocycles. The van der Waals surface area contributed by atoms with Gasteiger partial charge in [0.25, 0.3) is 0 Å². The number of nitrogen functional groups attached to an aromatic ring is 1. The number of hydrogen-bond donors (Lipinski definition) is 2. The van der Waals surface area contributed by atoms with E-state index in [0.29, 0.717) is 11.7 Å². The van der Waals surface area contributed by atoms with E-state index in [0.717, 1.165) is 52.4 Å². The minimum atomic E-state index is 0.488. The molecule has 154 valence electrons. The summed E-state index contributed by atoms with van der Waals surface area (Å²) in [5, 5.41) is 8.07. The predicted octanol–water partition coefficient (Wildman–Crippen LogP) is 3.64. The summed E-state index contributed by atoms with van der Waals surface area (Å²) in [6.45, 7) is 6.49. The van der Waals surface area contributed by atoms with Crippen LogP contribution in [-0.4, -0.2) is 39.8 Å². The van der Waals surface area contributed by atoms with E-state index >= 15 is 0 Å². The molecule has 1 aliphatic carbocycles. The van der Waals surface area contributed by atoms with Gasteiger partial charge in [0.1, 0.15) is 23.0 Å². The van der Waals surface area contributed by atoms with Crippen LogP contribution in [0.3, 0.4) is 0 Å². The third kappa shape index (κ3) is 4.19. The van der Waals surface area contributed by atoms with Crippen molar-refractivity contribution >= 4 is 11.5 Å². The van der Waals surface area contributed by atoms with Crippen molar-refractivity contribution in [1.29, 1.82) is 0 Å². The number of imidazole rings is 1. The van der Waals surface area contributed by atoms with Crippen molar-refractivity contribution in [2.45, 2.75) is 51.9 Å². The molecule has 7 nitrogen and oxygen atoms in total. The van der Waals surface area contributed by atoms with Crippen LogP contribution in [0.1, 0.15) is 54.8 Å². The van der Waals surface area contributed by atoms with Gasteiger partial charge in [0.15, 0.2) is 5.65 Å². The van der Waals surface area contributed by atoms with Crippen LogP contribution < -0.4 is 15.8 Å². The number of nitrogens with one attached hydrogen (secondary N) is 1. The van der Waals surface area contributed by atoms with Gasteiger partial charge in [-0.05, 0) is 63.7 Å². The normalized spacial score (nSPS) is 16.4. The SMILES string of the molecule is C1CCNCC1.COc1cc2ncc(-c3nc(N)c(C)cc3C)n2nc1C1CC1. The summed E-state index contributed by atoms with van der Waals surface area (Å²) in [4.78, 5) is 9.00. The highest BCUT2D eigenvalue weighted by molar-refractivity contribution is 5.66. The van der Waals surface area contributed by atoms with Gasteiger partial charge in [0, 0.05) is 12.0 Å². The summed E-state index contributed by atoms with van der Waals surface area (Å²) in [5.41, 5.74) is 11.5. The summed E-state index contributed by atoms with van der Waals surface area (Å²) in [7, 11) is 1.68. The number of methoxy groups -OCH3 is 1. The highest BCUT2D eigenvalue weighted by Crippen LogP contribution is 2.43. The number of hydrogen-bond acceptors (Lipinski definition) is 6. The number of nitrogens with two attached hydrogens (primary N) is 1. The monoisotopic (exact) mass is 394 g/mol. The van der Waals surface area contributed by atoms with Gasteiger partial charge in [-0.2, -0.15) is 5.10 Å². The lowest BCUT2D eigenvalue weighted by Gasteiger charge is -2.10. The van der Waals surface area contributed by atoms with E-state index in [1.807, 2.05) is 30.5 Å². The van der Waals surface area contributed by atoms with Gasteiger partial charge < -0.3 is 15.8 Å². The van der Waals surface area contributed by atoms with Crippen molar-refractivity contribution in [2.24, 2.45) is 0 Å². The van der Waals surface area contributed by atoms with Crippen molar-refractivity contribution in [1.82, 2.24) is 24.9 Å². The first-order valence-corrected chi connectivity index (χ1v) is 10.5. The standard InChI is InChI=1S/C17H19N5O.C5H11N/c1-9-6-10(2)17(18)20-15(9)12-8-19-14-7-13(23-3)16(11-4-5-11)21-22(12)14;1-2-4-6-5-3-1/h6-8,11H,4-5H2,1-3H3,(H2,18,20);6H,1-5H2. The van der Waals surface area contributed by atoms with Crippen molar-refractivity contribution in [3.05, 3.63) is 35.2 Å². The zero-order valence-electron chi connectivity index (χ0n) is 17.5. The fraction of sp³-hybridized carbons (Fsp3) is 0.500. The zero-order valence-corrected chi connectivity index (χ0v) is 17.5. The first-order chi connectivity index (χ1) is 14.1. The first kappa shape index (κ1) is 19.6. The van der Waals surface area contributed by atoms with Crippen LogP contribution in [0, 0.1) is 13.8 Å². The molecular weight excluding hydrogens is 364 g/mol. The molecule has 3 aromatic rings. The fourth-order valence-corrected chi connectivity index (χ4v) is 3.70. The summed E-state index contributed by atoms with van der Waals surface area (Å²) in [6.07, 6.45) is 8.33. The Bertz CT molecular complexity index is 993. The Balaban J connectivity index is 0.000000294. The van der Waals surface area contributed by atoms with E-state index in [1.54, 1.807) is 13.3 Å². The Morgan fingerprint density at radius 2 is 1.86 bits per heavy atom. The number of aromatic nitrogens is 4. The molecular formula is C22H30N6O. The van der Waals surface area contributed by atoms with Crippen LogP contribution in [-0.2, 0) is 0 Å². The average Bonchev–Trinajstić information content (AvgIpc) is 3.51. The second-order valence-electron chi connectivity index (χ2n) is 7.95. The lowest BCUT2D eigenvalue weighted by atomic mass is 10.1. The maximum atomic E-state index is 5.99. The lowest BCUT2D eigenvalue weighted by Crippen LogP contribution is -2.21. The second-order valence-corrected chi connectivity index (χ2v) is 7.95. The van der Waals surface area contributed by atoms with Gasteiger partial charge in [-0.3, -0.25) is 0 Å². The minimum Gasteiger partial charge on any atom is -0.495 e. The third-order valence-corrected chi connectivity index (χ3v) is 5.56. The largest absolute Gasteiger partial charge is 0.495 e. The van der Waals surface area contributed by atoms with Crippen LogP contribution in [0.25, 0.3) is 17.0 Å². The van der Waals surface area contributed by atoms with E-state index in [9.17, 15) is 0 Å². The van der Waals surface area contributed by atoms with Crippen LogP contribution in [0.5, 0.6) is 5.75 Å². The summed E-state index contributed by atoms with van der Waals surface area (Å²) in [5.74, 6) is 1.84. The van der Waals surface area contributed by atoms with Crippen molar-refractivity contribution in [3.63, 3.8) is 0 Å². The van der Waals surface area contributed by atoms with Crippen LogP contribution in [0.2, 0.25) is 0 Å². The van der Waals surface area contributed by atoms with Gasteiger partial charge in [-0.15, -0.1) is 0 Å². The number of aryl methyl sites for hydroxylation is 2. The summed E-state index contributed by atoms with van der Waals surface area (Å²) < 4.78 is 7.32. The Hall–Kier alpha value is -2.67. The van der Waals surface area contributed by atoms with Gasteiger partial charge in [0.05, 0.1) is 19.0 Å². The molecule has 2 fully saturated rings. The number of piperidine rings is 1. The predicted molar refractivity (Wildman–Crippen MR) is 115 cm³/mol. The number of fused-ring (bicyclic) bond motifs is 1. The molecule has 0 aromatic carbocycles. The van der Waals surface area contributed by atoms with Crippen LogP contribution in [0.15, 0.2) is 18.3 Å². The Labute approximate surface area is 171 Å². The quantitative estimate of drug-likeness (QED) is 0.705. The van der Waals surface area contributed by atoms with Crippen LogP contribution in [0.4, 0.5) is 5.82 Å². The number of nitrogens with zero attached hydrogens (tertiary/aromatic N) is 4. The first-order valence-electron chi connectivity index (χ1n) is 10.5. The van der Waals surface area contributed by atoms with E-state index in [4.69, 9.17) is 15.6 Å². The maximum Gasteiger partial charge on any atom is 0.157 e. The van der Waals surface area contributed by atoms with Gasteiger partial charge >= 0.3 is 0 Å². The minimum absolute atomic E-state index is 0.488. The molecule has 1 saturated heterocycles. The zero-order chi connectivity index (χ0) is 20.4. The highest BCUT2D eigenvalue weighted by atomic mass is 16.5. The Morgan fingerprint density at radius 1 is 1.10 bits per heavy atom. The Morgan fingerprint density at radius 3 is 2.45 bits per heavy atom. The third-order valence-electron chi connectivity index (χ3n) is 5.56. The van der Waals surface area contributed by atoms with E-state index < -0.39 is 0 Å². The van der Waals surface area contributed by atoms with E-state index in [2.05, 4.69) is 15.3 Å². The van der Waals surface area contributed by atoms with Gasteiger partial charge in [-0.1, -0.05) is 12.5 Å². The smallest absolute Gasteiger partial charge is 0.157 e. The van der Waals surface area contributed by atoms with Gasteiger partial charge in [0.2, 0.25) is 0 Å². The molecule has 2 aliphatic rings. The molecule has 0 amide bonds. The molecule has 0 spiro atoms. The van der Waals surface area contributed by atoms with Crippen molar-refractivity contribution < 1.29 is 4.74 Å².